The van der Waals surface area contributed by atoms with Crippen LogP contribution in [-0.2, 0) is 9.59 Å². The second-order valence-corrected chi connectivity index (χ2v) is 4.77. The van der Waals surface area contributed by atoms with Crippen molar-refractivity contribution in [2.75, 3.05) is 6.54 Å². The molecule has 0 aromatic heterocycles. The van der Waals surface area contributed by atoms with Gasteiger partial charge in [0.25, 0.3) is 5.69 Å². The molecule has 1 aromatic rings. The lowest BCUT2D eigenvalue weighted by Gasteiger charge is -2.24. The molecule has 0 spiro atoms. The minimum Gasteiger partial charge on any atom is -0.368 e. The topological polar surface area (TPSA) is 107 Å². The quantitative estimate of drug-likeness (QED) is 0.646. The van der Waals surface area contributed by atoms with E-state index in [0.29, 0.717) is 17.6 Å². The Kier molecular flexibility index (Phi) is 4.02. The number of nitrogens with zero attached hydrogens (tertiary/aromatic N) is 2. The monoisotopic (exact) mass is 289 g/mol. The summed E-state index contributed by atoms with van der Waals surface area (Å²) in [5, 5.41) is 10.8. The molecule has 2 N–H and O–H groups in total. The highest BCUT2D eigenvalue weighted by molar-refractivity contribution is 6.03. The smallest absolute Gasteiger partial charge is 0.270 e. The maximum Gasteiger partial charge on any atom is 0.270 e. The van der Waals surface area contributed by atoms with Gasteiger partial charge in [-0.2, -0.15) is 0 Å². The number of carbonyl (C=O) groups excluding carboxylic acids is 2. The predicted octanol–water partition coefficient (Wildman–Crippen LogP) is 1.08. The Hall–Kier alpha value is -2.70. The predicted molar refractivity (Wildman–Crippen MR) is 76.1 cm³/mol. The van der Waals surface area contributed by atoms with Gasteiger partial charge in [0.15, 0.2) is 0 Å². The lowest BCUT2D eigenvalue weighted by atomic mass is 10.1. The molecule has 2 amide bonds. The van der Waals surface area contributed by atoms with Crippen LogP contribution in [0, 0.1) is 10.1 Å². The fourth-order valence-corrected chi connectivity index (χ4v) is 2.37. The number of nitro benzene ring substituents is 1. The molecule has 21 heavy (non-hydrogen) atoms. The summed E-state index contributed by atoms with van der Waals surface area (Å²) in [6, 6.07) is 5.39. The summed E-state index contributed by atoms with van der Waals surface area (Å²) < 4.78 is 0. The summed E-state index contributed by atoms with van der Waals surface area (Å²) in [7, 11) is 0. The summed E-state index contributed by atoms with van der Waals surface area (Å²) in [5.74, 6) is -0.860. The Bertz CT molecular complexity index is 639. The number of non-ortho nitro benzene ring substituents is 1. The first-order valence-electron chi connectivity index (χ1n) is 6.49. The summed E-state index contributed by atoms with van der Waals surface area (Å²) in [6.45, 7) is 2.00. The van der Waals surface area contributed by atoms with E-state index in [1.54, 1.807) is 19.1 Å². The molecular formula is C14H15N3O4. The first kappa shape index (κ1) is 14.7. The third kappa shape index (κ3) is 2.91. The minimum absolute atomic E-state index is 0.0405. The Morgan fingerprint density at radius 1 is 1.52 bits per heavy atom. The van der Waals surface area contributed by atoms with Crippen LogP contribution in [0.3, 0.4) is 0 Å². The van der Waals surface area contributed by atoms with E-state index in [-0.39, 0.29) is 18.1 Å². The van der Waals surface area contributed by atoms with Crippen LogP contribution in [0.5, 0.6) is 0 Å². The largest absolute Gasteiger partial charge is 0.368 e. The number of primary amides is 1. The van der Waals surface area contributed by atoms with Gasteiger partial charge in [0.05, 0.1) is 4.92 Å². The zero-order valence-electron chi connectivity index (χ0n) is 11.5. The van der Waals surface area contributed by atoms with Crippen molar-refractivity contribution in [2.45, 2.75) is 19.4 Å². The van der Waals surface area contributed by atoms with Gasteiger partial charge in [-0.3, -0.25) is 19.7 Å². The van der Waals surface area contributed by atoms with Crippen molar-refractivity contribution in [3.05, 3.63) is 46.0 Å². The molecule has 0 saturated heterocycles. The first-order chi connectivity index (χ1) is 9.93. The van der Waals surface area contributed by atoms with Crippen molar-refractivity contribution in [3.63, 3.8) is 0 Å². The molecule has 0 bridgehead atoms. The molecule has 1 aromatic carbocycles. The third-order valence-electron chi connectivity index (χ3n) is 3.44. The summed E-state index contributed by atoms with van der Waals surface area (Å²) >= 11 is 0. The van der Waals surface area contributed by atoms with E-state index in [4.69, 9.17) is 5.73 Å². The maximum atomic E-state index is 12.0. The number of nitrogens with two attached hydrogens (primary N) is 1. The molecule has 1 heterocycles. The normalized spacial score (nSPS) is 15.8. The molecule has 0 radical (unpaired) electrons. The van der Waals surface area contributed by atoms with E-state index >= 15 is 0 Å². The number of nitro groups is 1. The molecule has 1 atom stereocenters. The fourth-order valence-electron chi connectivity index (χ4n) is 2.37. The van der Waals surface area contributed by atoms with Crippen molar-refractivity contribution in [2.24, 2.45) is 5.73 Å². The van der Waals surface area contributed by atoms with Gasteiger partial charge in [0.2, 0.25) is 11.8 Å². The van der Waals surface area contributed by atoms with Crippen molar-refractivity contribution in [1.29, 1.82) is 0 Å². The minimum atomic E-state index is -0.662. The van der Waals surface area contributed by atoms with Crippen molar-refractivity contribution in [1.82, 2.24) is 4.90 Å². The molecule has 0 fully saturated rings. The molecule has 7 nitrogen and oxygen atoms in total. The molecular weight excluding hydrogens is 274 g/mol. The van der Waals surface area contributed by atoms with Gasteiger partial charge in [-0.15, -0.1) is 0 Å². The van der Waals surface area contributed by atoms with Crippen LogP contribution < -0.4 is 5.73 Å². The van der Waals surface area contributed by atoms with Gasteiger partial charge in [-0.05, 0) is 17.6 Å². The Balaban J connectivity index is 2.26. The average Bonchev–Trinajstić information content (AvgIpc) is 2.81. The number of amides is 2. The molecule has 2 rings (SSSR count). The molecule has 110 valence electrons. The van der Waals surface area contributed by atoms with Crippen LogP contribution in [0.4, 0.5) is 5.69 Å². The molecule has 0 aliphatic carbocycles. The van der Waals surface area contributed by atoms with Crippen molar-refractivity contribution in [3.8, 4) is 0 Å². The SMILES string of the molecule is CC[C@@H](C(N)=O)N1CC(c2cccc([N+](=O)[O-])c2)=CC1=O. The van der Waals surface area contributed by atoms with E-state index in [1.807, 2.05) is 0 Å². The Morgan fingerprint density at radius 2 is 2.24 bits per heavy atom. The lowest BCUT2D eigenvalue weighted by Crippen LogP contribution is -2.45. The molecule has 7 heteroatoms. The first-order valence-corrected chi connectivity index (χ1v) is 6.49. The average molecular weight is 289 g/mol. The molecule has 1 aliphatic heterocycles. The highest BCUT2D eigenvalue weighted by Crippen LogP contribution is 2.26. The van der Waals surface area contributed by atoms with Gasteiger partial charge in [0.1, 0.15) is 6.04 Å². The standard InChI is InChI=1S/C14H15N3O4/c1-2-12(14(15)19)16-8-10(7-13(16)18)9-4-3-5-11(6-9)17(20)21/h3-7,12H,2,8H2,1H3,(H2,15,19)/t12-/m0/s1. The van der Waals surface area contributed by atoms with Gasteiger partial charge in [-0.1, -0.05) is 19.1 Å². The lowest BCUT2D eigenvalue weighted by molar-refractivity contribution is -0.384. The van der Waals surface area contributed by atoms with Crippen LogP contribution in [0.2, 0.25) is 0 Å². The van der Waals surface area contributed by atoms with Crippen molar-refractivity contribution < 1.29 is 14.5 Å². The Labute approximate surface area is 121 Å². The highest BCUT2D eigenvalue weighted by Gasteiger charge is 2.31. The number of benzene rings is 1. The molecule has 0 saturated carbocycles. The molecule has 0 unspecified atom stereocenters. The second kappa shape index (κ2) is 5.74. The van der Waals surface area contributed by atoms with Crippen LogP contribution in [-0.4, -0.2) is 34.2 Å². The van der Waals surface area contributed by atoms with E-state index in [2.05, 4.69) is 0 Å². The van der Waals surface area contributed by atoms with Gasteiger partial charge in [0, 0.05) is 24.8 Å². The van der Waals surface area contributed by atoms with E-state index in [1.165, 1.54) is 23.1 Å². The van der Waals surface area contributed by atoms with Crippen LogP contribution in [0.15, 0.2) is 30.3 Å². The summed E-state index contributed by atoms with van der Waals surface area (Å²) in [6.07, 6.45) is 1.82. The van der Waals surface area contributed by atoms with Gasteiger partial charge < -0.3 is 10.6 Å². The highest BCUT2D eigenvalue weighted by atomic mass is 16.6. The zero-order valence-corrected chi connectivity index (χ0v) is 11.5. The number of hydrogen-bond acceptors (Lipinski definition) is 4. The second-order valence-electron chi connectivity index (χ2n) is 4.77. The zero-order chi connectivity index (χ0) is 15.6. The number of hydrogen-bond donors (Lipinski definition) is 1. The van der Waals surface area contributed by atoms with Crippen LogP contribution >= 0.6 is 0 Å². The summed E-state index contributed by atoms with van der Waals surface area (Å²) in [5.41, 5.74) is 6.49. The maximum absolute atomic E-state index is 12.0. The van der Waals surface area contributed by atoms with E-state index < -0.39 is 16.9 Å². The summed E-state index contributed by atoms with van der Waals surface area (Å²) in [4.78, 5) is 35.0. The van der Waals surface area contributed by atoms with Gasteiger partial charge in [-0.25, -0.2) is 0 Å². The van der Waals surface area contributed by atoms with E-state index in [0.717, 1.165) is 0 Å². The van der Waals surface area contributed by atoms with E-state index in [9.17, 15) is 19.7 Å². The third-order valence-corrected chi connectivity index (χ3v) is 3.44. The number of carbonyl (C=O) groups is 2. The van der Waals surface area contributed by atoms with Crippen LogP contribution in [0.25, 0.3) is 5.57 Å². The number of rotatable bonds is 5. The van der Waals surface area contributed by atoms with Crippen LogP contribution in [0.1, 0.15) is 18.9 Å². The van der Waals surface area contributed by atoms with Gasteiger partial charge >= 0.3 is 0 Å². The fraction of sp³-hybridized carbons (Fsp3) is 0.286. The Morgan fingerprint density at radius 3 is 2.81 bits per heavy atom. The molecule has 1 aliphatic rings. The van der Waals surface area contributed by atoms with Crippen molar-refractivity contribution >= 4 is 23.1 Å².